The monoisotopic (exact) mass is 472 g/mol. The quantitative estimate of drug-likeness (QED) is 0.423. The molecule has 2 fully saturated rings. The van der Waals surface area contributed by atoms with E-state index in [1.165, 1.54) is 18.2 Å². The Morgan fingerprint density at radius 1 is 1.24 bits per heavy atom. The van der Waals surface area contributed by atoms with Crippen LogP contribution in [0.5, 0.6) is 0 Å². The van der Waals surface area contributed by atoms with Crippen LogP contribution in [-0.2, 0) is 19.1 Å². The summed E-state index contributed by atoms with van der Waals surface area (Å²) < 4.78 is 30.0. The van der Waals surface area contributed by atoms with E-state index in [9.17, 15) is 18.8 Å². The summed E-state index contributed by atoms with van der Waals surface area (Å²) in [4.78, 5) is 37.9. The fourth-order valence-electron chi connectivity index (χ4n) is 4.58. The molecule has 0 radical (unpaired) electrons. The number of rotatable bonds is 9. The largest absolute Gasteiger partial charge is 0.451 e. The molecule has 0 bridgehead atoms. The van der Waals surface area contributed by atoms with Gasteiger partial charge in [-0.3, -0.25) is 19.7 Å². The van der Waals surface area contributed by atoms with E-state index < -0.39 is 35.6 Å². The Hall–Kier alpha value is -3.20. The minimum Gasteiger partial charge on any atom is -0.451 e. The third-order valence-corrected chi connectivity index (χ3v) is 6.23. The van der Waals surface area contributed by atoms with Gasteiger partial charge in [0.1, 0.15) is 17.6 Å². The molecule has 182 valence electrons. The van der Waals surface area contributed by atoms with Gasteiger partial charge in [0, 0.05) is 12.0 Å². The standard InChI is InChI=1S/C25H29FN2O6/c1-2-32-25(13-12-22(29)34-25)28-23(30)19(14-16-6-3-4-7-16)27-24(31)21-11-10-20(33-21)17-8-5-9-18(26)15-17/h5,8-11,15-16,19H,2-4,6-7,12-14H2,1H3,(H,27,31)(H,28,30)/t19-,25?/m0/s1. The number of benzene rings is 1. The molecule has 1 unspecified atom stereocenters. The number of cyclic esters (lactones) is 1. The summed E-state index contributed by atoms with van der Waals surface area (Å²) in [6, 6.07) is 8.07. The summed E-state index contributed by atoms with van der Waals surface area (Å²) in [6.07, 6.45) is 4.92. The van der Waals surface area contributed by atoms with E-state index in [4.69, 9.17) is 13.9 Å². The third-order valence-electron chi connectivity index (χ3n) is 6.23. The first-order chi connectivity index (χ1) is 16.4. The summed E-state index contributed by atoms with van der Waals surface area (Å²) in [5.41, 5.74) is 0.501. The number of nitrogens with one attached hydrogen (secondary N) is 2. The first-order valence-electron chi connectivity index (χ1n) is 11.7. The number of amides is 2. The average Bonchev–Trinajstić information content (AvgIpc) is 3.55. The lowest BCUT2D eigenvalue weighted by Crippen LogP contribution is -2.57. The van der Waals surface area contributed by atoms with Crippen LogP contribution in [-0.4, -0.2) is 36.3 Å². The van der Waals surface area contributed by atoms with E-state index in [1.807, 2.05) is 0 Å². The van der Waals surface area contributed by atoms with Crippen molar-refractivity contribution in [1.82, 2.24) is 10.6 Å². The van der Waals surface area contributed by atoms with E-state index in [1.54, 1.807) is 25.1 Å². The van der Waals surface area contributed by atoms with Gasteiger partial charge >= 0.3 is 5.97 Å². The van der Waals surface area contributed by atoms with Crippen LogP contribution < -0.4 is 10.6 Å². The first-order valence-corrected chi connectivity index (χ1v) is 11.7. The summed E-state index contributed by atoms with van der Waals surface area (Å²) in [5.74, 6) is -2.78. The Morgan fingerprint density at radius 2 is 2.03 bits per heavy atom. The molecule has 2 atom stereocenters. The molecule has 2 aliphatic rings. The van der Waals surface area contributed by atoms with E-state index in [0.717, 1.165) is 25.7 Å². The molecule has 2 N–H and O–H groups in total. The Morgan fingerprint density at radius 3 is 2.71 bits per heavy atom. The molecule has 2 aromatic rings. The molecule has 34 heavy (non-hydrogen) atoms. The summed E-state index contributed by atoms with van der Waals surface area (Å²) >= 11 is 0. The minimum atomic E-state index is -1.52. The smallest absolute Gasteiger partial charge is 0.309 e. The average molecular weight is 473 g/mol. The van der Waals surface area contributed by atoms with Gasteiger partial charge < -0.3 is 19.2 Å². The maximum Gasteiger partial charge on any atom is 0.309 e. The van der Waals surface area contributed by atoms with Gasteiger partial charge in [-0.05, 0) is 43.5 Å². The highest BCUT2D eigenvalue weighted by Crippen LogP contribution is 2.30. The maximum absolute atomic E-state index is 13.5. The molecule has 1 aliphatic carbocycles. The lowest BCUT2D eigenvalue weighted by atomic mass is 9.97. The highest BCUT2D eigenvalue weighted by molar-refractivity contribution is 5.96. The number of carbonyl (C=O) groups is 3. The van der Waals surface area contributed by atoms with Gasteiger partial charge in [0.15, 0.2) is 5.76 Å². The van der Waals surface area contributed by atoms with Gasteiger partial charge in [-0.2, -0.15) is 0 Å². The van der Waals surface area contributed by atoms with Gasteiger partial charge in [-0.1, -0.05) is 37.8 Å². The molecule has 1 aromatic heterocycles. The van der Waals surface area contributed by atoms with Crippen LogP contribution in [0.4, 0.5) is 4.39 Å². The predicted octanol–water partition coefficient (Wildman–Crippen LogP) is 3.91. The first kappa shape index (κ1) is 23.9. The second-order valence-corrected chi connectivity index (χ2v) is 8.74. The van der Waals surface area contributed by atoms with Gasteiger partial charge in [-0.25, -0.2) is 4.39 Å². The van der Waals surface area contributed by atoms with E-state index in [-0.39, 0.29) is 25.2 Å². The van der Waals surface area contributed by atoms with Gasteiger partial charge in [0.25, 0.3) is 11.8 Å². The van der Waals surface area contributed by atoms with E-state index in [2.05, 4.69) is 10.6 Å². The van der Waals surface area contributed by atoms with Crippen LogP contribution >= 0.6 is 0 Å². The van der Waals surface area contributed by atoms with Crippen molar-refractivity contribution in [1.29, 1.82) is 0 Å². The van der Waals surface area contributed by atoms with Crippen LogP contribution in [0.2, 0.25) is 0 Å². The summed E-state index contributed by atoms with van der Waals surface area (Å²) in [7, 11) is 0. The van der Waals surface area contributed by atoms with Gasteiger partial charge in [0.2, 0.25) is 5.91 Å². The van der Waals surface area contributed by atoms with Crippen LogP contribution in [0, 0.1) is 11.7 Å². The summed E-state index contributed by atoms with van der Waals surface area (Å²) in [6.45, 7) is 1.98. The Labute approximate surface area is 197 Å². The number of carbonyl (C=O) groups excluding carboxylic acids is 3. The number of furan rings is 1. The number of ether oxygens (including phenoxy) is 2. The second-order valence-electron chi connectivity index (χ2n) is 8.74. The zero-order chi connectivity index (χ0) is 24.1. The fraction of sp³-hybridized carbons (Fsp3) is 0.480. The fourth-order valence-corrected chi connectivity index (χ4v) is 4.58. The van der Waals surface area contributed by atoms with Crippen LogP contribution in [0.3, 0.4) is 0 Å². The molecule has 1 saturated heterocycles. The van der Waals surface area contributed by atoms with Crippen LogP contribution in [0.1, 0.15) is 62.4 Å². The van der Waals surface area contributed by atoms with Crippen molar-refractivity contribution >= 4 is 17.8 Å². The number of halogens is 1. The van der Waals surface area contributed by atoms with Crippen molar-refractivity contribution in [3.05, 3.63) is 48.0 Å². The number of hydrogen-bond acceptors (Lipinski definition) is 6. The number of esters is 1. The highest BCUT2D eigenvalue weighted by atomic mass is 19.1. The molecule has 9 heteroatoms. The molecular formula is C25H29FN2O6. The van der Waals surface area contributed by atoms with Crippen LogP contribution in [0.15, 0.2) is 40.8 Å². The Bertz CT molecular complexity index is 1050. The minimum absolute atomic E-state index is 0.00954. The Kier molecular flexibility index (Phi) is 7.31. The molecule has 1 saturated carbocycles. The molecule has 1 aliphatic heterocycles. The molecular weight excluding hydrogens is 443 g/mol. The molecule has 0 spiro atoms. The molecule has 4 rings (SSSR count). The van der Waals surface area contributed by atoms with Crippen molar-refractivity contribution in [2.75, 3.05) is 6.61 Å². The van der Waals surface area contributed by atoms with Crippen LogP contribution in [0.25, 0.3) is 11.3 Å². The topological polar surface area (TPSA) is 107 Å². The predicted molar refractivity (Wildman–Crippen MR) is 120 cm³/mol. The van der Waals surface area contributed by atoms with E-state index >= 15 is 0 Å². The molecule has 1 aromatic carbocycles. The molecule has 8 nitrogen and oxygen atoms in total. The van der Waals surface area contributed by atoms with Crippen molar-refractivity contribution < 1.29 is 32.7 Å². The lowest BCUT2D eigenvalue weighted by molar-refractivity contribution is -0.225. The van der Waals surface area contributed by atoms with Crippen molar-refractivity contribution in [2.45, 2.75) is 63.8 Å². The van der Waals surface area contributed by atoms with Gasteiger partial charge in [-0.15, -0.1) is 0 Å². The molecule has 2 heterocycles. The zero-order valence-corrected chi connectivity index (χ0v) is 19.1. The lowest BCUT2D eigenvalue weighted by Gasteiger charge is -2.30. The zero-order valence-electron chi connectivity index (χ0n) is 19.1. The second kappa shape index (κ2) is 10.4. The Balaban J connectivity index is 1.49. The van der Waals surface area contributed by atoms with Crippen molar-refractivity contribution in [3.63, 3.8) is 0 Å². The summed E-state index contributed by atoms with van der Waals surface area (Å²) in [5, 5.41) is 5.47. The SMILES string of the molecule is CCOC1(NC(=O)[C@H](CC2CCCC2)NC(=O)c2ccc(-c3cccc(F)c3)o2)CCC(=O)O1. The normalized spacial score (nSPS) is 21.3. The van der Waals surface area contributed by atoms with E-state index in [0.29, 0.717) is 23.7 Å². The number of hydrogen-bond donors (Lipinski definition) is 2. The van der Waals surface area contributed by atoms with Gasteiger partial charge in [0.05, 0.1) is 13.0 Å². The van der Waals surface area contributed by atoms with Crippen molar-refractivity contribution in [2.24, 2.45) is 5.92 Å². The molecule has 2 amide bonds. The third kappa shape index (κ3) is 5.64. The highest BCUT2D eigenvalue weighted by Gasteiger charge is 2.44. The van der Waals surface area contributed by atoms with Crippen molar-refractivity contribution in [3.8, 4) is 11.3 Å². The maximum atomic E-state index is 13.5.